The van der Waals surface area contributed by atoms with E-state index < -0.39 is 0 Å². The second-order valence-corrected chi connectivity index (χ2v) is 26.7. The van der Waals surface area contributed by atoms with Gasteiger partial charge in [-0.1, -0.05) is 146 Å². The van der Waals surface area contributed by atoms with Crippen molar-refractivity contribution in [2.45, 2.75) is 75.0 Å². The quantitative estimate of drug-likeness (QED) is 0.166. The van der Waals surface area contributed by atoms with Gasteiger partial charge >= 0.3 is 0 Å². The van der Waals surface area contributed by atoms with Gasteiger partial charge in [-0.3, -0.25) is 0 Å². The Hall–Kier alpha value is -8.60. The second kappa shape index (κ2) is 18.0. The molecular formula is C80H66N2O2. The molecule has 8 bridgehead atoms. The van der Waals surface area contributed by atoms with E-state index >= 15 is 0 Å². The number of benzene rings is 10. The summed E-state index contributed by atoms with van der Waals surface area (Å²) in [5.74, 6) is 6.54. The van der Waals surface area contributed by atoms with Crippen LogP contribution in [0.5, 0.6) is 0 Å². The molecule has 0 unspecified atom stereocenters. The van der Waals surface area contributed by atoms with E-state index in [0.29, 0.717) is 11.8 Å². The van der Waals surface area contributed by atoms with Crippen LogP contribution in [0.4, 0.5) is 34.1 Å². The largest absolute Gasteiger partial charge is 0.456 e. The van der Waals surface area contributed by atoms with Crippen molar-refractivity contribution >= 4 is 78.0 Å². The lowest BCUT2D eigenvalue weighted by Crippen LogP contribution is -2.55. The third-order valence-corrected chi connectivity index (χ3v) is 22.8. The molecule has 4 heteroatoms. The van der Waals surface area contributed by atoms with E-state index in [1.54, 1.807) is 22.3 Å². The molecule has 8 saturated carbocycles. The van der Waals surface area contributed by atoms with Gasteiger partial charge in [0, 0.05) is 61.2 Å². The van der Waals surface area contributed by atoms with Gasteiger partial charge in [-0.15, -0.1) is 0 Å². The first-order valence-corrected chi connectivity index (χ1v) is 31.6. The standard InChI is InChI=1S/2C40H33NO/c1-2-9-29(10-3-1)41(30-17-18-33-32-12-5-7-16-37(32)42-38(33)24-30)36-15-8-13-34-31-11-4-6-14-35(31)40(39(34)36)27-20-25-19-26(22-27)23-28(40)21-25;1-2-9-29(10-3-1)41(30-17-18-38-34(24-30)32-12-5-7-16-37(32)42-38)36-15-8-13-33-31-11-4-6-14-35(31)40(39(33)36)27-20-25-19-26(22-27)23-28(40)21-25/h2*1-18,24-28H,19-23H2. The maximum atomic E-state index is 6.42. The molecule has 0 amide bonds. The monoisotopic (exact) mass is 1090 g/mol. The van der Waals surface area contributed by atoms with Gasteiger partial charge in [0.1, 0.15) is 22.3 Å². The summed E-state index contributed by atoms with van der Waals surface area (Å²) in [5, 5.41) is 4.69. The maximum Gasteiger partial charge on any atom is 0.137 e. The first kappa shape index (κ1) is 47.8. The molecule has 0 aliphatic heterocycles. The van der Waals surface area contributed by atoms with Gasteiger partial charge in [-0.2, -0.15) is 0 Å². The summed E-state index contributed by atoms with van der Waals surface area (Å²) in [7, 11) is 0. The summed E-state index contributed by atoms with van der Waals surface area (Å²) in [5.41, 5.74) is 23.5. The molecule has 0 radical (unpaired) electrons. The molecule has 2 spiro atoms. The topological polar surface area (TPSA) is 32.8 Å². The minimum absolute atomic E-state index is 0.0897. The molecule has 408 valence electrons. The molecule has 10 aliphatic rings. The van der Waals surface area contributed by atoms with Crippen LogP contribution in [0.25, 0.3) is 66.1 Å². The van der Waals surface area contributed by atoms with Gasteiger partial charge in [0.05, 0.1) is 11.4 Å². The van der Waals surface area contributed by atoms with E-state index in [1.807, 2.05) is 0 Å². The fraction of sp³-hybridized carbons (Fsp3) is 0.250. The summed E-state index contributed by atoms with van der Waals surface area (Å²) in [6.07, 6.45) is 14.0. The zero-order chi connectivity index (χ0) is 54.8. The second-order valence-electron chi connectivity index (χ2n) is 26.7. The van der Waals surface area contributed by atoms with Crippen LogP contribution in [0.1, 0.15) is 86.5 Å². The van der Waals surface area contributed by atoms with Gasteiger partial charge < -0.3 is 18.6 Å². The highest BCUT2D eigenvalue weighted by Gasteiger charge is 2.64. The fourth-order valence-corrected chi connectivity index (χ4v) is 20.5. The molecule has 10 aromatic carbocycles. The van der Waals surface area contributed by atoms with Crippen molar-refractivity contribution in [2.24, 2.45) is 47.3 Å². The van der Waals surface area contributed by atoms with Crippen LogP contribution in [-0.4, -0.2) is 0 Å². The highest BCUT2D eigenvalue weighted by molar-refractivity contribution is 6.08. The van der Waals surface area contributed by atoms with Crippen molar-refractivity contribution < 1.29 is 8.83 Å². The molecule has 84 heavy (non-hydrogen) atoms. The molecular weight excluding hydrogens is 1020 g/mol. The van der Waals surface area contributed by atoms with Crippen molar-refractivity contribution in [3.63, 3.8) is 0 Å². The fourth-order valence-electron chi connectivity index (χ4n) is 20.5. The van der Waals surface area contributed by atoms with E-state index in [0.717, 1.165) is 63.5 Å². The minimum atomic E-state index is 0.0897. The molecule has 0 atom stereocenters. The summed E-state index contributed by atoms with van der Waals surface area (Å²) in [6, 6.07) is 85.4. The third-order valence-electron chi connectivity index (χ3n) is 22.8. The zero-order valence-electron chi connectivity index (χ0n) is 47.3. The molecule has 2 aromatic heterocycles. The average Bonchev–Trinajstić information content (AvgIpc) is 2.20. The number of hydrogen-bond acceptors (Lipinski definition) is 4. The lowest BCUT2D eigenvalue weighted by atomic mass is 9.43. The highest BCUT2D eigenvalue weighted by atomic mass is 16.3. The number of anilines is 6. The minimum Gasteiger partial charge on any atom is -0.456 e. The number of nitrogens with zero attached hydrogens (tertiary/aromatic N) is 2. The van der Waals surface area contributed by atoms with E-state index in [2.05, 4.69) is 240 Å². The lowest BCUT2D eigenvalue weighted by molar-refractivity contribution is -0.0397. The van der Waals surface area contributed by atoms with Gasteiger partial charge in [-0.05, 0) is 235 Å². The first-order chi connectivity index (χ1) is 41.6. The van der Waals surface area contributed by atoms with Gasteiger partial charge in [-0.25, -0.2) is 0 Å². The number of fused-ring (bicyclic) bond motifs is 12. The van der Waals surface area contributed by atoms with Crippen LogP contribution in [-0.2, 0) is 10.8 Å². The van der Waals surface area contributed by atoms with Crippen molar-refractivity contribution in [1.82, 2.24) is 0 Å². The van der Waals surface area contributed by atoms with Crippen LogP contribution >= 0.6 is 0 Å². The smallest absolute Gasteiger partial charge is 0.137 e. The molecule has 0 N–H and O–H groups in total. The van der Waals surface area contributed by atoms with Crippen LogP contribution in [0, 0.1) is 47.3 Å². The van der Waals surface area contributed by atoms with Crippen molar-refractivity contribution in [2.75, 3.05) is 9.80 Å². The zero-order valence-corrected chi connectivity index (χ0v) is 47.3. The summed E-state index contributed by atoms with van der Waals surface area (Å²) >= 11 is 0. The predicted octanol–water partition coefficient (Wildman–Crippen LogP) is 21.6. The molecule has 0 saturated heterocycles. The third kappa shape index (κ3) is 6.60. The van der Waals surface area contributed by atoms with Crippen LogP contribution in [0.3, 0.4) is 0 Å². The van der Waals surface area contributed by atoms with E-state index in [-0.39, 0.29) is 10.8 Å². The van der Waals surface area contributed by atoms with Crippen LogP contribution < -0.4 is 9.80 Å². The molecule has 8 fully saturated rings. The van der Waals surface area contributed by atoms with Gasteiger partial charge in [0.25, 0.3) is 0 Å². The van der Waals surface area contributed by atoms with Crippen LogP contribution in [0.2, 0.25) is 0 Å². The average molecular weight is 1090 g/mol. The van der Waals surface area contributed by atoms with Crippen molar-refractivity contribution in [1.29, 1.82) is 0 Å². The Balaban J connectivity index is 0.000000124. The van der Waals surface area contributed by atoms with E-state index in [9.17, 15) is 0 Å². The molecule has 22 rings (SSSR count). The number of para-hydroxylation sites is 4. The Labute approximate surface area is 491 Å². The number of hydrogen-bond donors (Lipinski definition) is 0. The summed E-state index contributed by atoms with van der Waals surface area (Å²) < 4.78 is 12.7. The molecule has 4 nitrogen and oxygen atoms in total. The maximum absolute atomic E-state index is 6.42. The van der Waals surface area contributed by atoms with E-state index in [1.165, 1.54) is 136 Å². The summed E-state index contributed by atoms with van der Waals surface area (Å²) in [6.45, 7) is 0. The summed E-state index contributed by atoms with van der Waals surface area (Å²) in [4.78, 5) is 5.06. The SMILES string of the molecule is c1ccc(N(c2ccc3c(c2)oc2ccccc23)c2cccc3c2C2(c4ccccc4-3)C3CC4CC(C3)CC2C4)cc1.c1ccc(N(c2ccc3oc4ccccc4c3c2)c2cccc3c2C2(c4ccccc4-3)C3CC4CC(C3)CC2C4)cc1. The Morgan fingerprint density at radius 2 is 0.655 bits per heavy atom. The number of rotatable bonds is 6. The molecule has 2 heterocycles. The first-order valence-electron chi connectivity index (χ1n) is 31.6. The lowest BCUT2D eigenvalue weighted by Gasteiger charge is -2.61. The van der Waals surface area contributed by atoms with Crippen molar-refractivity contribution in [3.05, 3.63) is 253 Å². The Kier molecular flexibility index (Phi) is 10.2. The Bertz CT molecular complexity index is 4560. The van der Waals surface area contributed by atoms with Gasteiger partial charge in [0.15, 0.2) is 0 Å². The van der Waals surface area contributed by atoms with Crippen molar-refractivity contribution in [3.8, 4) is 22.3 Å². The Morgan fingerprint density at radius 3 is 1.17 bits per heavy atom. The van der Waals surface area contributed by atoms with Crippen LogP contribution in [0.15, 0.2) is 239 Å². The highest BCUT2D eigenvalue weighted by Crippen LogP contribution is 2.73. The number of furan rings is 2. The normalized spacial score (nSPS) is 26.7. The molecule has 10 aliphatic carbocycles. The van der Waals surface area contributed by atoms with Gasteiger partial charge in [0.2, 0.25) is 0 Å². The predicted molar refractivity (Wildman–Crippen MR) is 343 cm³/mol. The molecule has 12 aromatic rings. The Morgan fingerprint density at radius 1 is 0.274 bits per heavy atom. The van der Waals surface area contributed by atoms with E-state index in [4.69, 9.17) is 8.83 Å².